The number of anilines is 1. The van der Waals surface area contributed by atoms with Crippen LogP contribution in [0.15, 0.2) is 23.2 Å². The molecule has 1 aromatic rings. The van der Waals surface area contributed by atoms with Crippen molar-refractivity contribution in [2.24, 2.45) is 5.84 Å². The third-order valence-electron chi connectivity index (χ3n) is 3.23. The first-order valence-corrected chi connectivity index (χ1v) is 7.51. The van der Waals surface area contributed by atoms with Crippen molar-refractivity contribution >= 4 is 15.8 Å². The van der Waals surface area contributed by atoms with Gasteiger partial charge < -0.3 is 10.2 Å². The molecule has 0 aromatic carbocycles. The van der Waals surface area contributed by atoms with Crippen LogP contribution < -0.4 is 16.0 Å². The number of nitrogens with one attached hydrogen (secondary N) is 2. The molecule has 2 rings (SSSR count). The van der Waals surface area contributed by atoms with Crippen LogP contribution in [0.2, 0.25) is 0 Å². The molecule has 1 saturated carbocycles. The summed E-state index contributed by atoms with van der Waals surface area (Å²) in [4.78, 5) is 4.03. The predicted molar refractivity (Wildman–Crippen MR) is 70.8 cm³/mol. The first-order valence-electron chi connectivity index (χ1n) is 6.03. The fourth-order valence-corrected chi connectivity index (χ4v) is 3.50. The van der Waals surface area contributed by atoms with Gasteiger partial charge in [-0.3, -0.25) is 0 Å². The maximum Gasteiger partial charge on any atom is 0.241 e. The number of methoxy groups -OCH3 is 1. The first-order chi connectivity index (χ1) is 9.05. The minimum absolute atomic E-state index is 0.0857. The van der Waals surface area contributed by atoms with Crippen molar-refractivity contribution < 1.29 is 13.2 Å². The van der Waals surface area contributed by atoms with Crippen molar-refractivity contribution in [3.8, 4) is 0 Å². The largest absolute Gasteiger partial charge is 0.381 e. The van der Waals surface area contributed by atoms with E-state index in [1.54, 1.807) is 7.11 Å². The Labute approximate surface area is 112 Å². The number of nitrogen functional groups attached to an aromatic ring is 1. The molecule has 0 spiro atoms. The summed E-state index contributed by atoms with van der Waals surface area (Å²) in [6, 6.07) is 2.74. The van der Waals surface area contributed by atoms with Gasteiger partial charge in [-0.15, -0.1) is 0 Å². The summed E-state index contributed by atoms with van der Waals surface area (Å²) in [5.41, 5.74) is 2.33. The lowest BCUT2D eigenvalue weighted by Crippen LogP contribution is -2.33. The zero-order valence-electron chi connectivity index (χ0n) is 10.7. The normalized spacial score (nSPS) is 23.5. The number of pyridine rings is 1. The van der Waals surface area contributed by atoms with Crippen LogP contribution in [0.4, 0.5) is 5.82 Å². The number of hydrogen-bond donors (Lipinski definition) is 3. The van der Waals surface area contributed by atoms with Crippen LogP contribution in [0.1, 0.15) is 19.3 Å². The van der Waals surface area contributed by atoms with Crippen LogP contribution in [-0.4, -0.2) is 32.7 Å². The Morgan fingerprint density at radius 3 is 2.89 bits per heavy atom. The fraction of sp³-hybridized carbons (Fsp3) is 0.545. The van der Waals surface area contributed by atoms with E-state index in [4.69, 9.17) is 10.6 Å². The molecule has 19 heavy (non-hydrogen) atoms. The SMILES string of the molecule is COC1CCC(NS(=O)(=O)c2ccnc(NN)c2)C1. The van der Waals surface area contributed by atoms with Gasteiger partial charge in [0.05, 0.1) is 11.0 Å². The van der Waals surface area contributed by atoms with Crippen molar-refractivity contribution in [3.05, 3.63) is 18.3 Å². The lowest BCUT2D eigenvalue weighted by Gasteiger charge is -2.13. The molecule has 4 N–H and O–H groups in total. The molecule has 1 heterocycles. The second-order valence-electron chi connectivity index (χ2n) is 4.51. The van der Waals surface area contributed by atoms with Gasteiger partial charge in [-0.05, 0) is 25.3 Å². The van der Waals surface area contributed by atoms with Crippen LogP contribution in [-0.2, 0) is 14.8 Å². The molecule has 1 aliphatic rings. The van der Waals surface area contributed by atoms with E-state index in [2.05, 4.69) is 15.1 Å². The highest BCUT2D eigenvalue weighted by Crippen LogP contribution is 2.23. The number of nitrogens with two attached hydrogens (primary N) is 1. The molecule has 0 saturated heterocycles. The van der Waals surface area contributed by atoms with Crippen molar-refractivity contribution in [3.63, 3.8) is 0 Å². The van der Waals surface area contributed by atoms with E-state index in [0.29, 0.717) is 12.2 Å². The minimum atomic E-state index is -3.55. The molecule has 7 nitrogen and oxygen atoms in total. The summed E-state index contributed by atoms with van der Waals surface area (Å²) in [6.45, 7) is 0. The Hall–Kier alpha value is -1.22. The van der Waals surface area contributed by atoms with Gasteiger partial charge in [0.1, 0.15) is 5.82 Å². The molecule has 106 valence electrons. The van der Waals surface area contributed by atoms with Crippen molar-refractivity contribution in [1.29, 1.82) is 0 Å². The average molecular weight is 286 g/mol. The Bertz CT molecular complexity index is 534. The zero-order valence-corrected chi connectivity index (χ0v) is 11.5. The van der Waals surface area contributed by atoms with Crippen LogP contribution in [0.3, 0.4) is 0 Å². The molecule has 1 fully saturated rings. The Kier molecular flexibility index (Phi) is 4.35. The van der Waals surface area contributed by atoms with Gasteiger partial charge in [0.2, 0.25) is 10.0 Å². The zero-order chi connectivity index (χ0) is 13.9. The molecule has 1 aliphatic carbocycles. The standard InChI is InChI=1S/C11H18N4O3S/c1-18-9-3-2-8(6-9)15-19(16,17)10-4-5-13-11(7-10)14-12/h4-5,7-9,15H,2-3,6,12H2,1H3,(H,13,14). The van der Waals surface area contributed by atoms with E-state index in [1.165, 1.54) is 18.3 Å². The maximum absolute atomic E-state index is 12.2. The molecule has 0 aliphatic heterocycles. The van der Waals surface area contributed by atoms with Crippen LogP contribution in [0.25, 0.3) is 0 Å². The third-order valence-corrected chi connectivity index (χ3v) is 4.75. The van der Waals surface area contributed by atoms with Gasteiger partial charge in [-0.25, -0.2) is 24.0 Å². The molecule has 2 unspecified atom stereocenters. The van der Waals surface area contributed by atoms with Gasteiger partial charge in [-0.1, -0.05) is 0 Å². The van der Waals surface area contributed by atoms with Crippen molar-refractivity contribution in [2.75, 3.05) is 12.5 Å². The summed E-state index contributed by atoms with van der Waals surface area (Å²) >= 11 is 0. The van der Waals surface area contributed by atoms with E-state index in [-0.39, 0.29) is 17.0 Å². The molecule has 0 amide bonds. The smallest absolute Gasteiger partial charge is 0.241 e. The average Bonchev–Trinajstić information content (AvgIpc) is 2.85. The van der Waals surface area contributed by atoms with Gasteiger partial charge in [0.15, 0.2) is 0 Å². The monoisotopic (exact) mass is 286 g/mol. The predicted octanol–water partition coefficient (Wildman–Crippen LogP) is 0.213. The number of nitrogens with zero attached hydrogens (tertiary/aromatic N) is 1. The van der Waals surface area contributed by atoms with E-state index in [1.807, 2.05) is 0 Å². The number of hydrogen-bond acceptors (Lipinski definition) is 6. The number of hydrazine groups is 1. The van der Waals surface area contributed by atoms with Crippen molar-refractivity contribution in [2.45, 2.75) is 36.3 Å². The molecule has 1 aromatic heterocycles. The highest BCUT2D eigenvalue weighted by molar-refractivity contribution is 7.89. The number of rotatable bonds is 5. The Morgan fingerprint density at radius 2 is 2.26 bits per heavy atom. The van der Waals surface area contributed by atoms with Gasteiger partial charge in [0.25, 0.3) is 0 Å². The summed E-state index contributed by atoms with van der Waals surface area (Å²) < 4.78 is 32.3. The second kappa shape index (κ2) is 5.83. The first kappa shape index (κ1) is 14.2. The molecule has 0 radical (unpaired) electrons. The summed E-state index contributed by atoms with van der Waals surface area (Å²) in [7, 11) is -1.91. The Morgan fingerprint density at radius 1 is 1.47 bits per heavy atom. The Balaban J connectivity index is 2.10. The van der Waals surface area contributed by atoms with E-state index in [0.717, 1.165) is 12.8 Å². The minimum Gasteiger partial charge on any atom is -0.381 e. The second-order valence-corrected chi connectivity index (χ2v) is 6.22. The lowest BCUT2D eigenvalue weighted by atomic mass is 10.3. The molecule has 8 heteroatoms. The van der Waals surface area contributed by atoms with Gasteiger partial charge in [-0.2, -0.15) is 0 Å². The number of aromatic nitrogens is 1. The van der Waals surface area contributed by atoms with Gasteiger partial charge in [0, 0.05) is 25.4 Å². The third kappa shape index (κ3) is 3.41. The van der Waals surface area contributed by atoms with Crippen molar-refractivity contribution in [1.82, 2.24) is 9.71 Å². The molecule has 0 bridgehead atoms. The molecular formula is C11H18N4O3S. The summed E-state index contributed by atoms with van der Waals surface area (Å²) in [5.74, 6) is 5.53. The van der Waals surface area contributed by atoms with E-state index in [9.17, 15) is 8.42 Å². The van der Waals surface area contributed by atoms with E-state index < -0.39 is 10.0 Å². The molecule has 2 atom stereocenters. The fourth-order valence-electron chi connectivity index (χ4n) is 2.21. The van der Waals surface area contributed by atoms with Crippen LogP contribution in [0.5, 0.6) is 0 Å². The lowest BCUT2D eigenvalue weighted by molar-refractivity contribution is 0.107. The number of sulfonamides is 1. The summed E-state index contributed by atoms with van der Waals surface area (Å²) in [5, 5.41) is 0. The quantitative estimate of drug-likeness (QED) is 0.528. The maximum atomic E-state index is 12.2. The summed E-state index contributed by atoms with van der Waals surface area (Å²) in [6.07, 6.45) is 3.88. The van der Waals surface area contributed by atoms with Crippen LogP contribution in [0, 0.1) is 0 Å². The molecular weight excluding hydrogens is 268 g/mol. The topological polar surface area (TPSA) is 106 Å². The number of ether oxygens (including phenoxy) is 1. The highest BCUT2D eigenvalue weighted by atomic mass is 32.2. The van der Waals surface area contributed by atoms with Gasteiger partial charge >= 0.3 is 0 Å². The highest BCUT2D eigenvalue weighted by Gasteiger charge is 2.28. The van der Waals surface area contributed by atoms with Crippen LogP contribution >= 0.6 is 0 Å². The van der Waals surface area contributed by atoms with E-state index >= 15 is 0 Å².